The van der Waals surface area contributed by atoms with Gasteiger partial charge in [0.15, 0.2) is 36.3 Å². The van der Waals surface area contributed by atoms with E-state index in [9.17, 15) is 26.7 Å². The maximum atomic E-state index is 13.6. The Bertz CT molecular complexity index is 1030. The molecule has 0 fully saturated rings. The van der Waals surface area contributed by atoms with E-state index in [2.05, 4.69) is 30.7 Å². The van der Waals surface area contributed by atoms with Gasteiger partial charge in [0.1, 0.15) is 6.04 Å². The van der Waals surface area contributed by atoms with Crippen molar-refractivity contribution in [3.05, 3.63) is 65.5 Å². The SMILES string of the molecule is O=C(COc1ccccc1OCC(F)(F)F)N[C@@H](c1ccc(F)c(F)c1)c1nn[nH]n1. The Balaban J connectivity index is 1.69. The second-order valence-corrected chi connectivity index (χ2v) is 6.08. The van der Waals surface area contributed by atoms with Crippen LogP contribution in [0.3, 0.4) is 0 Å². The molecule has 31 heavy (non-hydrogen) atoms. The number of amides is 1. The summed E-state index contributed by atoms with van der Waals surface area (Å²) in [6.07, 6.45) is -4.55. The number of hydrogen-bond donors (Lipinski definition) is 2. The van der Waals surface area contributed by atoms with E-state index in [4.69, 9.17) is 4.74 Å². The summed E-state index contributed by atoms with van der Waals surface area (Å²) in [5.74, 6) is -3.31. The number of para-hydroxylation sites is 2. The van der Waals surface area contributed by atoms with Crippen LogP contribution in [0, 0.1) is 11.6 Å². The third-order valence-corrected chi connectivity index (χ3v) is 3.80. The lowest BCUT2D eigenvalue weighted by molar-refractivity contribution is -0.153. The van der Waals surface area contributed by atoms with Crippen molar-refractivity contribution in [1.82, 2.24) is 25.9 Å². The van der Waals surface area contributed by atoms with Crippen molar-refractivity contribution in [2.24, 2.45) is 0 Å². The van der Waals surface area contributed by atoms with Gasteiger partial charge in [-0.05, 0) is 29.8 Å². The summed E-state index contributed by atoms with van der Waals surface area (Å²) in [5.41, 5.74) is 0.127. The number of carbonyl (C=O) groups is 1. The Morgan fingerprint density at radius 1 is 1.06 bits per heavy atom. The molecular weight excluding hydrogens is 429 g/mol. The molecule has 0 aliphatic heterocycles. The molecule has 0 aliphatic rings. The molecule has 0 saturated carbocycles. The molecule has 0 unspecified atom stereocenters. The first-order chi connectivity index (χ1) is 14.7. The maximum Gasteiger partial charge on any atom is 0.422 e. The van der Waals surface area contributed by atoms with Crippen molar-refractivity contribution in [2.75, 3.05) is 13.2 Å². The number of nitrogens with zero attached hydrogens (tertiary/aromatic N) is 3. The Hall–Kier alpha value is -3.77. The molecule has 3 rings (SSSR count). The van der Waals surface area contributed by atoms with Gasteiger partial charge >= 0.3 is 6.18 Å². The maximum absolute atomic E-state index is 13.6. The molecule has 8 nitrogen and oxygen atoms in total. The summed E-state index contributed by atoms with van der Waals surface area (Å²) in [6, 6.07) is 7.35. The molecule has 3 aromatic rings. The Kier molecular flexibility index (Phi) is 6.62. The van der Waals surface area contributed by atoms with E-state index < -0.39 is 43.0 Å². The van der Waals surface area contributed by atoms with E-state index in [1.165, 1.54) is 30.3 Å². The summed E-state index contributed by atoms with van der Waals surface area (Å²) in [7, 11) is 0. The number of halogens is 5. The lowest BCUT2D eigenvalue weighted by atomic mass is 10.1. The molecular formula is C18H14F5N5O3. The molecule has 1 heterocycles. The number of alkyl halides is 3. The van der Waals surface area contributed by atoms with Crippen LogP contribution in [0.1, 0.15) is 17.4 Å². The van der Waals surface area contributed by atoms with Crippen LogP contribution in [0.25, 0.3) is 0 Å². The van der Waals surface area contributed by atoms with Gasteiger partial charge in [0.25, 0.3) is 5.91 Å². The zero-order chi connectivity index (χ0) is 22.4. The summed E-state index contributed by atoms with van der Waals surface area (Å²) < 4.78 is 73.9. The average molecular weight is 443 g/mol. The number of aromatic nitrogens is 4. The first kappa shape index (κ1) is 21.9. The highest BCUT2D eigenvalue weighted by molar-refractivity contribution is 5.78. The topological polar surface area (TPSA) is 102 Å². The standard InChI is InChI=1S/C18H14F5N5O3/c19-11-6-5-10(7-12(11)20)16(17-25-27-28-26-17)24-15(29)8-30-13-3-1-2-4-14(13)31-9-18(21,22)23/h1-7,16H,8-9H2,(H,24,29)(H,25,26,27,28)/t16-/m0/s1. The number of ether oxygens (including phenoxy) is 2. The van der Waals surface area contributed by atoms with Gasteiger partial charge < -0.3 is 14.8 Å². The van der Waals surface area contributed by atoms with E-state index in [-0.39, 0.29) is 22.9 Å². The highest BCUT2D eigenvalue weighted by Crippen LogP contribution is 2.28. The molecule has 2 aromatic carbocycles. The minimum atomic E-state index is -4.55. The van der Waals surface area contributed by atoms with Gasteiger partial charge in [-0.15, -0.1) is 10.2 Å². The number of H-pyrrole nitrogens is 1. The lowest BCUT2D eigenvalue weighted by Crippen LogP contribution is -2.34. The average Bonchev–Trinajstić information content (AvgIpc) is 3.25. The number of benzene rings is 2. The predicted molar refractivity (Wildman–Crippen MR) is 94.0 cm³/mol. The van der Waals surface area contributed by atoms with Crippen molar-refractivity contribution in [3.8, 4) is 11.5 Å². The fraction of sp³-hybridized carbons (Fsp3) is 0.222. The third-order valence-electron chi connectivity index (χ3n) is 3.80. The number of aromatic amines is 1. The van der Waals surface area contributed by atoms with Gasteiger partial charge in [0.2, 0.25) is 5.82 Å². The highest BCUT2D eigenvalue weighted by atomic mass is 19.4. The van der Waals surface area contributed by atoms with Crippen molar-refractivity contribution in [1.29, 1.82) is 0 Å². The molecule has 0 bridgehead atoms. The van der Waals surface area contributed by atoms with Crippen LogP contribution < -0.4 is 14.8 Å². The largest absolute Gasteiger partial charge is 0.480 e. The summed E-state index contributed by atoms with van der Waals surface area (Å²) in [5, 5.41) is 15.5. The Morgan fingerprint density at radius 2 is 1.77 bits per heavy atom. The molecule has 0 radical (unpaired) electrons. The van der Waals surface area contributed by atoms with Gasteiger partial charge in [-0.25, -0.2) is 8.78 Å². The van der Waals surface area contributed by atoms with E-state index >= 15 is 0 Å². The molecule has 1 aromatic heterocycles. The molecule has 1 atom stereocenters. The quantitative estimate of drug-likeness (QED) is 0.519. The van der Waals surface area contributed by atoms with E-state index in [1.54, 1.807) is 0 Å². The minimum absolute atomic E-state index is 0.0340. The van der Waals surface area contributed by atoms with Crippen LogP contribution in [0.4, 0.5) is 22.0 Å². The van der Waals surface area contributed by atoms with Gasteiger partial charge in [-0.3, -0.25) is 4.79 Å². The van der Waals surface area contributed by atoms with Gasteiger partial charge in [-0.2, -0.15) is 18.4 Å². The van der Waals surface area contributed by atoms with Crippen LogP contribution in [-0.4, -0.2) is 45.9 Å². The number of nitrogens with one attached hydrogen (secondary N) is 2. The fourth-order valence-electron chi connectivity index (χ4n) is 2.47. The Morgan fingerprint density at radius 3 is 2.39 bits per heavy atom. The first-order valence-electron chi connectivity index (χ1n) is 8.62. The van der Waals surface area contributed by atoms with Gasteiger partial charge in [-0.1, -0.05) is 23.4 Å². The molecule has 0 aliphatic carbocycles. The molecule has 0 spiro atoms. The van der Waals surface area contributed by atoms with E-state index in [0.29, 0.717) is 0 Å². The monoisotopic (exact) mass is 443 g/mol. The number of hydrogen-bond acceptors (Lipinski definition) is 6. The fourth-order valence-corrected chi connectivity index (χ4v) is 2.47. The Labute approximate surface area is 171 Å². The number of carbonyl (C=O) groups excluding carboxylic acids is 1. The molecule has 164 valence electrons. The molecule has 1 amide bonds. The van der Waals surface area contributed by atoms with E-state index in [0.717, 1.165) is 12.1 Å². The third kappa shape index (κ3) is 6.10. The van der Waals surface area contributed by atoms with Gasteiger partial charge in [0.05, 0.1) is 0 Å². The van der Waals surface area contributed by atoms with Crippen LogP contribution in [0.5, 0.6) is 11.5 Å². The zero-order valence-corrected chi connectivity index (χ0v) is 15.5. The van der Waals surface area contributed by atoms with Crippen LogP contribution in [0.15, 0.2) is 42.5 Å². The van der Waals surface area contributed by atoms with Gasteiger partial charge in [0, 0.05) is 0 Å². The molecule has 13 heteroatoms. The van der Waals surface area contributed by atoms with Crippen LogP contribution in [-0.2, 0) is 4.79 Å². The van der Waals surface area contributed by atoms with Crippen molar-refractivity contribution >= 4 is 5.91 Å². The zero-order valence-electron chi connectivity index (χ0n) is 15.5. The normalized spacial score (nSPS) is 12.3. The van der Waals surface area contributed by atoms with Crippen molar-refractivity contribution in [3.63, 3.8) is 0 Å². The number of tetrazole rings is 1. The predicted octanol–water partition coefficient (Wildman–Crippen LogP) is 2.70. The lowest BCUT2D eigenvalue weighted by Gasteiger charge is -2.17. The highest BCUT2D eigenvalue weighted by Gasteiger charge is 2.29. The minimum Gasteiger partial charge on any atom is -0.480 e. The number of rotatable bonds is 8. The first-order valence-corrected chi connectivity index (χ1v) is 8.62. The summed E-state index contributed by atoms with van der Waals surface area (Å²) in [4.78, 5) is 12.4. The molecule has 2 N–H and O–H groups in total. The van der Waals surface area contributed by atoms with Crippen LogP contribution >= 0.6 is 0 Å². The smallest absolute Gasteiger partial charge is 0.422 e. The second-order valence-electron chi connectivity index (χ2n) is 6.08. The van der Waals surface area contributed by atoms with Crippen molar-refractivity contribution in [2.45, 2.75) is 12.2 Å². The summed E-state index contributed by atoms with van der Waals surface area (Å²) >= 11 is 0. The van der Waals surface area contributed by atoms with E-state index in [1.807, 2.05) is 0 Å². The second kappa shape index (κ2) is 9.36. The summed E-state index contributed by atoms with van der Waals surface area (Å²) in [6.45, 7) is -2.15. The van der Waals surface area contributed by atoms with Crippen molar-refractivity contribution < 1.29 is 36.2 Å². The van der Waals surface area contributed by atoms with Crippen LogP contribution in [0.2, 0.25) is 0 Å². The molecule has 0 saturated heterocycles.